The van der Waals surface area contributed by atoms with E-state index in [4.69, 9.17) is 5.11 Å². The fourth-order valence-corrected chi connectivity index (χ4v) is 3.25. The van der Waals surface area contributed by atoms with Gasteiger partial charge < -0.3 is 19.9 Å². The van der Waals surface area contributed by atoms with Crippen molar-refractivity contribution in [2.75, 3.05) is 18.4 Å². The minimum atomic E-state index is -0.767. The minimum Gasteiger partial charge on any atom is -0.481 e. The van der Waals surface area contributed by atoms with E-state index in [-0.39, 0.29) is 11.9 Å². The van der Waals surface area contributed by atoms with Crippen LogP contribution in [0.25, 0.3) is 10.9 Å². The molecule has 2 heterocycles. The molecule has 0 unspecified atom stereocenters. The van der Waals surface area contributed by atoms with Crippen molar-refractivity contribution in [3.63, 3.8) is 0 Å². The summed E-state index contributed by atoms with van der Waals surface area (Å²) >= 11 is 0. The van der Waals surface area contributed by atoms with Crippen molar-refractivity contribution in [2.24, 2.45) is 5.92 Å². The molecule has 0 radical (unpaired) electrons. The zero-order valence-electron chi connectivity index (χ0n) is 13.9. The zero-order chi connectivity index (χ0) is 17.1. The molecule has 0 atom stereocenters. The average molecular weight is 329 g/mol. The van der Waals surface area contributed by atoms with Gasteiger partial charge in [-0.15, -0.1) is 0 Å². The Balaban J connectivity index is 1.64. The Morgan fingerprint density at radius 3 is 2.67 bits per heavy atom. The van der Waals surface area contributed by atoms with Gasteiger partial charge in [-0.3, -0.25) is 4.79 Å². The highest BCUT2D eigenvalue weighted by Crippen LogP contribution is 2.22. The van der Waals surface area contributed by atoms with Crippen molar-refractivity contribution >= 4 is 28.6 Å². The van der Waals surface area contributed by atoms with Gasteiger partial charge in [0.15, 0.2) is 0 Å². The van der Waals surface area contributed by atoms with Crippen molar-refractivity contribution < 1.29 is 14.7 Å². The van der Waals surface area contributed by atoms with Gasteiger partial charge in [0.05, 0.1) is 5.92 Å². The van der Waals surface area contributed by atoms with Gasteiger partial charge >= 0.3 is 12.0 Å². The Morgan fingerprint density at radius 2 is 2.00 bits per heavy atom. The largest absolute Gasteiger partial charge is 0.481 e. The molecule has 2 amide bonds. The first-order valence-corrected chi connectivity index (χ1v) is 8.46. The summed E-state index contributed by atoms with van der Waals surface area (Å²) < 4.78 is 2.21. The molecule has 3 rings (SSSR count). The van der Waals surface area contributed by atoms with E-state index in [0.717, 1.165) is 29.6 Å². The van der Waals surface area contributed by atoms with E-state index in [1.807, 2.05) is 18.2 Å². The van der Waals surface area contributed by atoms with Crippen molar-refractivity contribution in [2.45, 2.75) is 32.7 Å². The highest BCUT2D eigenvalue weighted by atomic mass is 16.4. The van der Waals surface area contributed by atoms with E-state index in [1.54, 1.807) is 4.90 Å². The van der Waals surface area contributed by atoms with Gasteiger partial charge in [0, 0.05) is 42.4 Å². The van der Waals surface area contributed by atoms with Crippen LogP contribution < -0.4 is 5.32 Å². The summed E-state index contributed by atoms with van der Waals surface area (Å²) in [6, 6.07) is 7.81. The van der Waals surface area contributed by atoms with E-state index in [0.29, 0.717) is 25.9 Å². The Morgan fingerprint density at radius 1 is 1.25 bits per heavy atom. The maximum absolute atomic E-state index is 12.3. The number of piperidine rings is 1. The number of urea groups is 1. The van der Waals surface area contributed by atoms with Crippen LogP contribution in [0.5, 0.6) is 0 Å². The molecule has 1 aromatic heterocycles. The van der Waals surface area contributed by atoms with Crippen LogP contribution in [0.15, 0.2) is 30.5 Å². The maximum atomic E-state index is 12.3. The zero-order valence-corrected chi connectivity index (χ0v) is 13.9. The summed E-state index contributed by atoms with van der Waals surface area (Å²) in [6.07, 6.45) is 4.17. The molecule has 128 valence electrons. The molecule has 0 spiro atoms. The molecule has 0 saturated carbocycles. The number of aromatic nitrogens is 1. The van der Waals surface area contributed by atoms with Gasteiger partial charge in [0.2, 0.25) is 0 Å². The number of carbonyl (C=O) groups is 2. The lowest BCUT2D eigenvalue weighted by Crippen LogP contribution is -2.42. The van der Waals surface area contributed by atoms with Gasteiger partial charge in [-0.2, -0.15) is 0 Å². The first kappa shape index (κ1) is 16.4. The number of aryl methyl sites for hydroxylation is 1. The molecule has 1 aromatic carbocycles. The highest BCUT2D eigenvalue weighted by molar-refractivity contribution is 5.93. The number of hydrogen-bond donors (Lipinski definition) is 2. The van der Waals surface area contributed by atoms with Gasteiger partial charge in [-0.25, -0.2) is 4.79 Å². The molecule has 1 saturated heterocycles. The second-order valence-corrected chi connectivity index (χ2v) is 6.31. The molecule has 0 aliphatic carbocycles. The summed E-state index contributed by atoms with van der Waals surface area (Å²) in [5, 5.41) is 13.0. The van der Waals surface area contributed by atoms with E-state index < -0.39 is 5.97 Å². The predicted molar refractivity (Wildman–Crippen MR) is 93.2 cm³/mol. The number of anilines is 1. The Labute approximate surface area is 141 Å². The minimum absolute atomic E-state index is 0.161. The van der Waals surface area contributed by atoms with E-state index in [1.165, 1.54) is 0 Å². The number of hydrogen-bond acceptors (Lipinski definition) is 2. The molecule has 6 heteroatoms. The number of nitrogens with one attached hydrogen (secondary N) is 1. The van der Waals surface area contributed by atoms with Gasteiger partial charge in [-0.1, -0.05) is 6.92 Å². The second kappa shape index (κ2) is 6.95. The fraction of sp³-hybridized carbons (Fsp3) is 0.444. The SMILES string of the molecule is CCCn1ccc2cc(NC(=O)N3CCC(C(=O)O)CC3)ccc21. The molecular weight excluding hydrogens is 306 g/mol. The molecule has 1 fully saturated rings. The molecule has 24 heavy (non-hydrogen) atoms. The lowest BCUT2D eigenvalue weighted by molar-refractivity contribution is -0.143. The molecule has 2 N–H and O–H groups in total. The molecule has 6 nitrogen and oxygen atoms in total. The molecular formula is C18H23N3O3. The van der Waals surface area contributed by atoms with Crippen LogP contribution in [-0.4, -0.2) is 39.7 Å². The van der Waals surface area contributed by atoms with Crippen LogP contribution in [0, 0.1) is 5.92 Å². The summed E-state index contributed by atoms with van der Waals surface area (Å²) in [4.78, 5) is 25.0. The first-order valence-electron chi connectivity index (χ1n) is 8.46. The van der Waals surface area contributed by atoms with Crippen molar-refractivity contribution in [3.05, 3.63) is 30.5 Å². The third kappa shape index (κ3) is 3.37. The number of likely N-dealkylation sites (tertiary alicyclic amines) is 1. The number of amides is 2. The Hall–Kier alpha value is -2.50. The van der Waals surface area contributed by atoms with Gasteiger partial charge in [0.1, 0.15) is 0 Å². The molecule has 2 aromatic rings. The van der Waals surface area contributed by atoms with Crippen molar-refractivity contribution in [3.8, 4) is 0 Å². The number of rotatable bonds is 4. The first-order chi connectivity index (χ1) is 11.6. The van der Waals surface area contributed by atoms with Crippen molar-refractivity contribution in [1.29, 1.82) is 0 Å². The number of carbonyl (C=O) groups excluding carboxylic acids is 1. The number of nitrogens with zero attached hydrogens (tertiary/aromatic N) is 2. The van der Waals surface area contributed by atoms with E-state index in [2.05, 4.69) is 29.1 Å². The third-order valence-corrected chi connectivity index (χ3v) is 4.62. The van der Waals surface area contributed by atoms with E-state index >= 15 is 0 Å². The van der Waals surface area contributed by atoms with Crippen LogP contribution >= 0.6 is 0 Å². The number of benzene rings is 1. The smallest absolute Gasteiger partial charge is 0.321 e. The van der Waals surface area contributed by atoms with Crippen LogP contribution in [-0.2, 0) is 11.3 Å². The van der Waals surface area contributed by atoms with Crippen LogP contribution in [0.2, 0.25) is 0 Å². The molecule has 1 aliphatic heterocycles. The topological polar surface area (TPSA) is 74.6 Å². The van der Waals surface area contributed by atoms with Gasteiger partial charge in [0.25, 0.3) is 0 Å². The molecule has 0 bridgehead atoms. The Kier molecular flexibility index (Phi) is 4.74. The second-order valence-electron chi connectivity index (χ2n) is 6.31. The highest BCUT2D eigenvalue weighted by Gasteiger charge is 2.26. The summed E-state index contributed by atoms with van der Waals surface area (Å²) in [5.74, 6) is -1.10. The Bertz CT molecular complexity index is 745. The third-order valence-electron chi connectivity index (χ3n) is 4.62. The number of fused-ring (bicyclic) bond motifs is 1. The average Bonchev–Trinajstić information content (AvgIpc) is 2.97. The van der Waals surface area contributed by atoms with Crippen LogP contribution in [0.1, 0.15) is 26.2 Å². The normalized spacial score (nSPS) is 15.6. The quantitative estimate of drug-likeness (QED) is 0.903. The molecule has 1 aliphatic rings. The lowest BCUT2D eigenvalue weighted by atomic mass is 9.97. The number of carboxylic acid groups (broad SMARTS) is 1. The van der Waals surface area contributed by atoms with Crippen LogP contribution in [0.3, 0.4) is 0 Å². The van der Waals surface area contributed by atoms with E-state index in [9.17, 15) is 9.59 Å². The number of carboxylic acids is 1. The van der Waals surface area contributed by atoms with Crippen molar-refractivity contribution in [1.82, 2.24) is 9.47 Å². The summed E-state index contributed by atoms with van der Waals surface area (Å²) in [6.45, 7) is 4.09. The van der Waals surface area contributed by atoms with Crippen LogP contribution in [0.4, 0.5) is 10.5 Å². The summed E-state index contributed by atoms with van der Waals surface area (Å²) in [7, 11) is 0. The monoisotopic (exact) mass is 329 g/mol. The number of aliphatic carboxylic acids is 1. The fourth-order valence-electron chi connectivity index (χ4n) is 3.25. The summed E-state index contributed by atoms with van der Waals surface area (Å²) in [5.41, 5.74) is 1.93. The predicted octanol–water partition coefficient (Wildman–Crippen LogP) is 3.38. The maximum Gasteiger partial charge on any atom is 0.321 e. The van der Waals surface area contributed by atoms with Gasteiger partial charge in [-0.05, 0) is 43.5 Å². The standard InChI is InChI=1S/C18H23N3O3/c1-2-8-20-9-7-14-12-15(3-4-16(14)20)19-18(24)21-10-5-13(6-11-21)17(22)23/h3-4,7,9,12-13H,2,5-6,8,10-11H2,1H3,(H,19,24)(H,22,23). The lowest BCUT2D eigenvalue weighted by Gasteiger charge is -2.30.